The van der Waals surface area contributed by atoms with E-state index in [1.54, 1.807) is 32.3 Å². The highest BCUT2D eigenvalue weighted by molar-refractivity contribution is 5.83. The van der Waals surface area contributed by atoms with Crippen molar-refractivity contribution in [2.45, 2.75) is 12.6 Å². The summed E-state index contributed by atoms with van der Waals surface area (Å²) in [5, 5.41) is 8.13. The number of likely N-dealkylation sites (N-methyl/N-ethyl adjacent to an activating group) is 1. The fraction of sp³-hybridized carbons (Fsp3) is 0.412. The van der Waals surface area contributed by atoms with Crippen molar-refractivity contribution in [3.63, 3.8) is 0 Å². The maximum absolute atomic E-state index is 5.16. The molecule has 0 N–H and O–H groups in total. The number of fused-ring (bicyclic) bond motifs is 2. The SMILES string of the molecule is COCCn1cnc2c(N(C)C3CN(c4nccn5cnnc45)C3)ncnc21. The highest BCUT2D eigenvalue weighted by Crippen LogP contribution is 2.28. The first-order chi connectivity index (χ1) is 13.8. The molecule has 28 heavy (non-hydrogen) atoms. The zero-order valence-electron chi connectivity index (χ0n) is 15.7. The Bertz CT molecular complexity index is 1120. The van der Waals surface area contributed by atoms with Gasteiger partial charge in [0.15, 0.2) is 22.8 Å². The number of methoxy groups -OCH3 is 1. The van der Waals surface area contributed by atoms with Crippen LogP contribution in [0.2, 0.25) is 0 Å². The van der Waals surface area contributed by atoms with Gasteiger partial charge in [-0.15, -0.1) is 10.2 Å². The Hall–Kier alpha value is -3.34. The van der Waals surface area contributed by atoms with Crippen LogP contribution < -0.4 is 9.80 Å². The fourth-order valence-corrected chi connectivity index (χ4v) is 3.49. The molecule has 1 aliphatic heterocycles. The average Bonchev–Trinajstić information content (AvgIpc) is 3.32. The van der Waals surface area contributed by atoms with Crippen LogP contribution in [0.1, 0.15) is 0 Å². The molecular weight excluding hydrogens is 360 g/mol. The van der Waals surface area contributed by atoms with Crippen LogP contribution in [0.3, 0.4) is 0 Å². The highest BCUT2D eigenvalue weighted by Gasteiger charge is 2.34. The summed E-state index contributed by atoms with van der Waals surface area (Å²) in [6.45, 7) is 2.97. The van der Waals surface area contributed by atoms with E-state index in [1.165, 1.54) is 0 Å². The molecule has 0 spiro atoms. The van der Waals surface area contributed by atoms with Gasteiger partial charge in [-0.1, -0.05) is 0 Å². The first-order valence-corrected chi connectivity index (χ1v) is 9.03. The zero-order chi connectivity index (χ0) is 19.1. The number of nitrogens with zero attached hydrogens (tertiary/aromatic N) is 10. The summed E-state index contributed by atoms with van der Waals surface area (Å²) < 4.78 is 9.02. The van der Waals surface area contributed by atoms with Gasteiger partial charge >= 0.3 is 0 Å². The smallest absolute Gasteiger partial charge is 0.203 e. The predicted octanol–water partition coefficient (Wildman–Crippen LogP) is 0.235. The molecule has 0 saturated carbocycles. The predicted molar refractivity (Wildman–Crippen MR) is 102 cm³/mol. The van der Waals surface area contributed by atoms with E-state index in [0.29, 0.717) is 19.2 Å². The summed E-state index contributed by atoms with van der Waals surface area (Å²) in [7, 11) is 3.73. The lowest BCUT2D eigenvalue weighted by Gasteiger charge is -2.44. The third-order valence-corrected chi connectivity index (χ3v) is 5.16. The van der Waals surface area contributed by atoms with E-state index in [2.05, 4.69) is 39.9 Å². The Morgan fingerprint density at radius 1 is 1.14 bits per heavy atom. The van der Waals surface area contributed by atoms with Crippen molar-refractivity contribution < 1.29 is 4.74 Å². The van der Waals surface area contributed by atoms with Crippen molar-refractivity contribution in [1.82, 2.24) is 39.1 Å². The van der Waals surface area contributed by atoms with Gasteiger partial charge in [-0.3, -0.25) is 4.40 Å². The second-order valence-corrected chi connectivity index (χ2v) is 6.78. The molecule has 1 fully saturated rings. The second kappa shape index (κ2) is 6.68. The Labute approximate surface area is 160 Å². The topological polar surface area (TPSA) is 102 Å². The summed E-state index contributed by atoms with van der Waals surface area (Å²) in [5.41, 5.74) is 2.39. The molecule has 144 valence electrons. The van der Waals surface area contributed by atoms with Crippen LogP contribution in [0.5, 0.6) is 0 Å². The Balaban J connectivity index is 1.36. The average molecular weight is 380 g/mol. The Morgan fingerprint density at radius 3 is 2.89 bits per heavy atom. The summed E-state index contributed by atoms with van der Waals surface area (Å²) >= 11 is 0. The third-order valence-electron chi connectivity index (χ3n) is 5.16. The Morgan fingerprint density at radius 2 is 2.04 bits per heavy atom. The minimum atomic E-state index is 0.298. The molecule has 0 aliphatic carbocycles. The largest absolute Gasteiger partial charge is 0.383 e. The monoisotopic (exact) mass is 380 g/mol. The third kappa shape index (κ3) is 2.62. The fourth-order valence-electron chi connectivity index (χ4n) is 3.49. The van der Waals surface area contributed by atoms with Crippen molar-refractivity contribution in [2.24, 2.45) is 0 Å². The van der Waals surface area contributed by atoms with Gasteiger partial charge in [0.05, 0.1) is 19.0 Å². The molecular formula is C17H20N10O. The molecule has 0 unspecified atom stereocenters. The number of ether oxygens (including phenoxy) is 1. The molecule has 0 atom stereocenters. The zero-order valence-corrected chi connectivity index (χ0v) is 15.7. The van der Waals surface area contributed by atoms with Gasteiger partial charge in [0.25, 0.3) is 0 Å². The number of rotatable bonds is 6. The van der Waals surface area contributed by atoms with E-state index in [9.17, 15) is 0 Å². The minimum Gasteiger partial charge on any atom is -0.383 e. The van der Waals surface area contributed by atoms with Crippen LogP contribution >= 0.6 is 0 Å². The summed E-state index contributed by atoms with van der Waals surface area (Å²) in [6, 6.07) is 0.298. The van der Waals surface area contributed by atoms with Gasteiger partial charge in [-0.25, -0.2) is 19.9 Å². The minimum absolute atomic E-state index is 0.298. The van der Waals surface area contributed by atoms with Gasteiger partial charge in [0, 0.05) is 46.2 Å². The number of aromatic nitrogens is 8. The summed E-state index contributed by atoms with van der Waals surface area (Å²) in [5.74, 6) is 1.68. The van der Waals surface area contributed by atoms with Crippen molar-refractivity contribution in [1.29, 1.82) is 0 Å². The first kappa shape index (κ1) is 16.8. The summed E-state index contributed by atoms with van der Waals surface area (Å²) in [6.07, 6.45) is 8.68. The van der Waals surface area contributed by atoms with E-state index in [0.717, 1.165) is 41.5 Å². The lowest BCUT2D eigenvalue weighted by Crippen LogP contribution is -2.59. The number of anilines is 2. The molecule has 11 nitrogen and oxygen atoms in total. The summed E-state index contributed by atoms with van der Waals surface area (Å²) in [4.78, 5) is 22.3. The molecule has 5 rings (SSSR count). The normalized spacial score (nSPS) is 14.7. The molecule has 0 radical (unpaired) electrons. The van der Waals surface area contributed by atoms with Gasteiger partial charge in [0.1, 0.15) is 12.7 Å². The quantitative estimate of drug-likeness (QED) is 0.465. The van der Waals surface area contributed by atoms with Crippen molar-refractivity contribution >= 4 is 28.4 Å². The molecule has 4 aromatic heterocycles. The number of imidazole rings is 1. The molecule has 5 heterocycles. The van der Waals surface area contributed by atoms with Crippen molar-refractivity contribution in [3.8, 4) is 0 Å². The molecule has 0 amide bonds. The highest BCUT2D eigenvalue weighted by atomic mass is 16.5. The molecule has 0 aromatic carbocycles. The van der Waals surface area contributed by atoms with Crippen LogP contribution in [0.4, 0.5) is 11.6 Å². The number of hydrogen-bond acceptors (Lipinski definition) is 9. The molecule has 0 bridgehead atoms. The second-order valence-electron chi connectivity index (χ2n) is 6.78. The van der Waals surface area contributed by atoms with Gasteiger partial charge in [-0.05, 0) is 0 Å². The van der Waals surface area contributed by atoms with Crippen LogP contribution in [0, 0.1) is 0 Å². The van der Waals surface area contributed by atoms with E-state index >= 15 is 0 Å². The van der Waals surface area contributed by atoms with Gasteiger partial charge in [0.2, 0.25) is 5.65 Å². The van der Waals surface area contributed by atoms with Crippen LogP contribution in [0.15, 0.2) is 31.4 Å². The molecule has 1 saturated heterocycles. The molecule has 11 heteroatoms. The van der Waals surface area contributed by atoms with Gasteiger partial charge in [-0.2, -0.15) is 0 Å². The van der Waals surface area contributed by atoms with Crippen LogP contribution in [-0.4, -0.2) is 79.0 Å². The maximum Gasteiger partial charge on any atom is 0.203 e. The van der Waals surface area contributed by atoms with E-state index in [-0.39, 0.29) is 0 Å². The van der Waals surface area contributed by atoms with Crippen molar-refractivity contribution in [3.05, 3.63) is 31.4 Å². The van der Waals surface area contributed by atoms with Crippen molar-refractivity contribution in [2.75, 3.05) is 43.7 Å². The maximum atomic E-state index is 5.16. The lowest BCUT2D eigenvalue weighted by molar-refractivity contribution is 0.188. The lowest BCUT2D eigenvalue weighted by atomic mass is 10.1. The van der Waals surface area contributed by atoms with Crippen LogP contribution in [0.25, 0.3) is 16.8 Å². The first-order valence-electron chi connectivity index (χ1n) is 9.03. The van der Waals surface area contributed by atoms with E-state index < -0.39 is 0 Å². The van der Waals surface area contributed by atoms with Crippen LogP contribution in [-0.2, 0) is 11.3 Å². The van der Waals surface area contributed by atoms with E-state index in [1.807, 2.05) is 22.2 Å². The molecule has 4 aromatic rings. The Kier molecular flexibility index (Phi) is 4.01. The molecule has 1 aliphatic rings. The standard InChI is InChI=1S/C17H20N10O/c1-24(14-13-15(20-9-19-14)26(10-21-13)5-6-28-2)12-7-27(8-12)16-17-23-22-11-25(17)4-3-18-16/h3-4,9-12H,5-8H2,1-2H3. The number of hydrogen-bond donors (Lipinski definition) is 0. The van der Waals surface area contributed by atoms with Gasteiger partial charge < -0.3 is 19.1 Å². The van der Waals surface area contributed by atoms with E-state index in [4.69, 9.17) is 4.74 Å².